The Balaban J connectivity index is 2.88. The van der Waals surface area contributed by atoms with Gasteiger partial charge in [-0.15, -0.1) is 0 Å². The van der Waals surface area contributed by atoms with E-state index in [9.17, 15) is 0 Å². The quantitative estimate of drug-likeness (QED) is 0.627. The fourth-order valence-electron chi connectivity index (χ4n) is 2.78. The van der Waals surface area contributed by atoms with Crippen LogP contribution in [0.4, 0.5) is 0 Å². The fourth-order valence-corrected chi connectivity index (χ4v) is 2.78. The SMILES string of the molecule is C/C=C\C(=C/C)n1c(CC)c(/C=C\C)c2ccccc21. The van der Waals surface area contributed by atoms with Gasteiger partial charge in [-0.1, -0.05) is 49.4 Å². The molecule has 0 bridgehead atoms. The highest BCUT2D eigenvalue weighted by Crippen LogP contribution is 2.31. The Kier molecular flexibility index (Phi) is 4.62. The van der Waals surface area contributed by atoms with Gasteiger partial charge in [0.15, 0.2) is 0 Å². The summed E-state index contributed by atoms with van der Waals surface area (Å²) in [5, 5.41) is 1.33. The van der Waals surface area contributed by atoms with Crippen molar-refractivity contribution >= 4 is 22.7 Å². The molecular formula is C19H23N. The van der Waals surface area contributed by atoms with Crippen LogP contribution in [0.2, 0.25) is 0 Å². The van der Waals surface area contributed by atoms with E-state index in [0.29, 0.717) is 0 Å². The average molecular weight is 265 g/mol. The molecule has 2 rings (SSSR count). The van der Waals surface area contributed by atoms with Gasteiger partial charge in [-0.05, 0) is 39.3 Å². The molecule has 0 aliphatic rings. The highest BCUT2D eigenvalue weighted by molar-refractivity contribution is 5.94. The van der Waals surface area contributed by atoms with Crippen LogP contribution in [0, 0.1) is 0 Å². The van der Waals surface area contributed by atoms with Gasteiger partial charge >= 0.3 is 0 Å². The van der Waals surface area contributed by atoms with Crippen molar-refractivity contribution in [2.75, 3.05) is 0 Å². The standard InChI is InChI=1S/C19H23N/c1-5-11-15(7-3)20-18(8-4)16(12-6-2)17-13-9-10-14-19(17)20/h5-7,9-14H,8H2,1-4H3/b11-5-,12-6-,15-7+. The van der Waals surface area contributed by atoms with Crippen LogP contribution in [0.25, 0.3) is 22.7 Å². The van der Waals surface area contributed by atoms with Crippen LogP contribution in [-0.4, -0.2) is 4.57 Å². The van der Waals surface area contributed by atoms with Crippen molar-refractivity contribution in [3.05, 3.63) is 59.8 Å². The molecule has 2 aromatic rings. The number of hydrogen-bond acceptors (Lipinski definition) is 0. The first-order valence-corrected chi connectivity index (χ1v) is 7.32. The molecule has 1 aromatic carbocycles. The first-order valence-electron chi connectivity index (χ1n) is 7.32. The lowest BCUT2D eigenvalue weighted by Gasteiger charge is -2.11. The zero-order chi connectivity index (χ0) is 14.5. The molecule has 0 amide bonds. The topological polar surface area (TPSA) is 4.93 Å². The molecule has 0 fully saturated rings. The summed E-state index contributed by atoms with van der Waals surface area (Å²) in [6, 6.07) is 8.64. The molecule has 20 heavy (non-hydrogen) atoms. The average Bonchev–Trinajstić information content (AvgIpc) is 2.79. The summed E-state index contributed by atoms with van der Waals surface area (Å²) in [5.74, 6) is 0. The molecule has 1 heterocycles. The Hall–Kier alpha value is -2.02. The van der Waals surface area contributed by atoms with Gasteiger partial charge in [0.1, 0.15) is 0 Å². The minimum atomic E-state index is 1.02. The number of rotatable bonds is 4. The number of benzene rings is 1. The van der Waals surface area contributed by atoms with Crippen molar-refractivity contribution in [3.8, 4) is 0 Å². The highest BCUT2D eigenvalue weighted by Gasteiger charge is 2.14. The summed E-state index contributed by atoms with van der Waals surface area (Å²) in [6.45, 7) is 8.46. The van der Waals surface area contributed by atoms with Gasteiger partial charge in [0.2, 0.25) is 0 Å². The van der Waals surface area contributed by atoms with Crippen molar-refractivity contribution < 1.29 is 0 Å². The third kappa shape index (κ3) is 2.36. The molecule has 0 unspecified atom stereocenters. The maximum atomic E-state index is 2.38. The molecule has 0 spiro atoms. The molecule has 1 nitrogen and oxygen atoms in total. The minimum absolute atomic E-state index is 1.02. The fraction of sp³-hybridized carbons (Fsp3) is 0.263. The van der Waals surface area contributed by atoms with Crippen LogP contribution in [0.15, 0.2) is 48.6 Å². The van der Waals surface area contributed by atoms with E-state index in [4.69, 9.17) is 0 Å². The summed E-state index contributed by atoms with van der Waals surface area (Å²) in [5.41, 5.74) is 5.23. The van der Waals surface area contributed by atoms with E-state index in [0.717, 1.165) is 6.42 Å². The monoisotopic (exact) mass is 265 g/mol. The Morgan fingerprint density at radius 3 is 2.45 bits per heavy atom. The Morgan fingerprint density at radius 2 is 1.85 bits per heavy atom. The molecule has 0 atom stereocenters. The smallest absolute Gasteiger partial charge is 0.0537 e. The molecule has 1 aromatic heterocycles. The zero-order valence-electron chi connectivity index (χ0n) is 12.9. The normalized spacial score (nSPS) is 13.1. The van der Waals surface area contributed by atoms with Crippen molar-refractivity contribution in [1.82, 2.24) is 4.57 Å². The zero-order valence-corrected chi connectivity index (χ0v) is 12.9. The van der Waals surface area contributed by atoms with E-state index >= 15 is 0 Å². The largest absolute Gasteiger partial charge is 0.313 e. The highest BCUT2D eigenvalue weighted by atomic mass is 15.0. The molecule has 0 radical (unpaired) electrons. The third-order valence-corrected chi connectivity index (χ3v) is 3.58. The Bertz CT molecular complexity index is 681. The maximum absolute atomic E-state index is 2.38. The molecule has 0 saturated heterocycles. The molecule has 0 aliphatic carbocycles. The number of fused-ring (bicyclic) bond motifs is 1. The number of aromatic nitrogens is 1. The summed E-state index contributed by atoms with van der Waals surface area (Å²) in [7, 11) is 0. The Labute approximate surface area is 121 Å². The molecule has 104 valence electrons. The van der Waals surface area contributed by atoms with E-state index in [1.807, 2.05) is 0 Å². The van der Waals surface area contributed by atoms with Gasteiger partial charge in [0.05, 0.1) is 5.52 Å². The third-order valence-electron chi connectivity index (χ3n) is 3.58. The first kappa shape index (κ1) is 14.4. The molecule has 0 aliphatic heterocycles. The van der Waals surface area contributed by atoms with E-state index in [1.54, 1.807) is 0 Å². The number of para-hydroxylation sites is 1. The maximum Gasteiger partial charge on any atom is 0.0537 e. The van der Waals surface area contributed by atoms with Gasteiger partial charge in [0.25, 0.3) is 0 Å². The van der Waals surface area contributed by atoms with Crippen molar-refractivity contribution in [3.63, 3.8) is 0 Å². The number of allylic oxidation sites excluding steroid dienone is 5. The lowest BCUT2D eigenvalue weighted by Crippen LogP contribution is -2.00. The predicted molar refractivity (Wildman–Crippen MR) is 90.8 cm³/mol. The van der Waals surface area contributed by atoms with Crippen molar-refractivity contribution in [1.29, 1.82) is 0 Å². The summed E-state index contributed by atoms with van der Waals surface area (Å²) >= 11 is 0. The molecular weight excluding hydrogens is 242 g/mol. The van der Waals surface area contributed by atoms with Gasteiger partial charge in [-0.25, -0.2) is 0 Å². The van der Waals surface area contributed by atoms with E-state index < -0.39 is 0 Å². The van der Waals surface area contributed by atoms with Crippen molar-refractivity contribution in [2.45, 2.75) is 34.1 Å². The summed E-state index contributed by atoms with van der Waals surface area (Å²) in [4.78, 5) is 0. The molecule has 1 heteroatoms. The van der Waals surface area contributed by atoms with Crippen LogP contribution in [0.5, 0.6) is 0 Å². The van der Waals surface area contributed by atoms with Gasteiger partial charge in [-0.2, -0.15) is 0 Å². The minimum Gasteiger partial charge on any atom is -0.313 e. The van der Waals surface area contributed by atoms with Crippen LogP contribution >= 0.6 is 0 Å². The van der Waals surface area contributed by atoms with Crippen molar-refractivity contribution in [2.24, 2.45) is 0 Å². The van der Waals surface area contributed by atoms with E-state index in [1.165, 1.54) is 27.9 Å². The number of nitrogens with zero attached hydrogens (tertiary/aromatic N) is 1. The van der Waals surface area contributed by atoms with E-state index in [-0.39, 0.29) is 0 Å². The van der Waals surface area contributed by atoms with E-state index in [2.05, 4.69) is 86.9 Å². The lowest BCUT2D eigenvalue weighted by atomic mass is 10.1. The second-order valence-electron chi connectivity index (χ2n) is 4.78. The van der Waals surface area contributed by atoms with Crippen LogP contribution in [0.3, 0.4) is 0 Å². The Morgan fingerprint density at radius 1 is 1.10 bits per heavy atom. The predicted octanol–water partition coefficient (Wildman–Crippen LogP) is 5.67. The van der Waals surface area contributed by atoms with Gasteiger partial charge in [0, 0.05) is 22.3 Å². The summed E-state index contributed by atoms with van der Waals surface area (Å²) < 4.78 is 2.38. The van der Waals surface area contributed by atoms with Crippen LogP contribution < -0.4 is 0 Å². The van der Waals surface area contributed by atoms with Crippen LogP contribution in [0.1, 0.15) is 39.0 Å². The number of hydrogen-bond donors (Lipinski definition) is 0. The van der Waals surface area contributed by atoms with Gasteiger partial charge in [-0.3, -0.25) is 0 Å². The molecule has 0 saturated carbocycles. The van der Waals surface area contributed by atoms with Gasteiger partial charge < -0.3 is 4.57 Å². The second kappa shape index (κ2) is 6.42. The second-order valence-corrected chi connectivity index (χ2v) is 4.78. The lowest BCUT2D eigenvalue weighted by molar-refractivity contribution is 0.977. The summed E-state index contributed by atoms with van der Waals surface area (Å²) in [6.07, 6.45) is 11.8. The molecule has 0 N–H and O–H groups in total. The first-order chi connectivity index (χ1) is 9.78. The van der Waals surface area contributed by atoms with Crippen LogP contribution in [-0.2, 0) is 6.42 Å².